The number of imide groups is 1. The molecular formula is C26H27N5O3S. The Hall–Kier alpha value is -3.43. The van der Waals surface area contributed by atoms with E-state index in [2.05, 4.69) is 39.2 Å². The molecule has 35 heavy (non-hydrogen) atoms. The fourth-order valence-electron chi connectivity index (χ4n) is 4.54. The number of fused-ring (bicyclic) bond motifs is 1. The van der Waals surface area contributed by atoms with E-state index < -0.39 is 0 Å². The molecule has 2 aromatic carbocycles. The molecule has 5 rings (SSSR count). The van der Waals surface area contributed by atoms with Crippen LogP contribution in [0.2, 0.25) is 0 Å². The van der Waals surface area contributed by atoms with Gasteiger partial charge in [0.2, 0.25) is 0 Å². The van der Waals surface area contributed by atoms with Gasteiger partial charge in [0.25, 0.3) is 11.1 Å². The van der Waals surface area contributed by atoms with E-state index in [1.807, 2.05) is 31.2 Å². The number of nitrogens with one attached hydrogen (secondary N) is 1. The molecular weight excluding hydrogens is 462 g/mol. The average molecular weight is 490 g/mol. The number of piperazine rings is 1. The van der Waals surface area contributed by atoms with E-state index in [0.717, 1.165) is 83.6 Å². The van der Waals surface area contributed by atoms with E-state index in [1.165, 1.54) is 0 Å². The van der Waals surface area contributed by atoms with Gasteiger partial charge in [0, 0.05) is 37.1 Å². The lowest BCUT2D eigenvalue weighted by atomic mass is 10.0. The number of methoxy groups -OCH3 is 1. The van der Waals surface area contributed by atoms with Gasteiger partial charge in [-0.1, -0.05) is 19.1 Å². The molecule has 0 radical (unpaired) electrons. The number of aryl methyl sites for hydroxylation is 1. The molecule has 0 aliphatic carbocycles. The van der Waals surface area contributed by atoms with Crippen LogP contribution in [0.15, 0.2) is 41.3 Å². The number of aromatic nitrogens is 2. The molecule has 2 aliphatic rings. The molecule has 2 aliphatic heterocycles. The summed E-state index contributed by atoms with van der Waals surface area (Å²) in [7, 11) is 1.70. The summed E-state index contributed by atoms with van der Waals surface area (Å²) in [5, 5.41) is 2.80. The Balaban J connectivity index is 1.54. The molecule has 9 heteroatoms. The summed E-state index contributed by atoms with van der Waals surface area (Å²) in [6.45, 7) is 9.15. The van der Waals surface area contributed by atoms with Crippen molar-refractivity contribution >= 4 is 45.6 Å². The summed E-state index contributed by atoms with van der Waals surface area (Å²) < 4.78 is 5.80. The highest BCUT2D eigenvalue weighted by Crippen LogP contribution is 2.36. The molecule has 0 atom stereocenters. The molecule has 2 fully saturated rings. The Morgan fingerprint density at radius 1 is 1.09 bits per heavy atom. The van der Waals surface area contributed by atoms with E-state index in [0.29, 0.717) is 10.7 Å². The van der Waals surface area contributed by atoms with Crippen LogP contribution in [-0.4, -0.2) is 65.8 Å². The number of carbonyl (C=O) groups is 2. The second-order valence-corrected chi connectivity index (χ2v) is 9.57. The monoisotopic (exact) mass is 489 g/mol. The van der Waals surface area contributed by atoms with Gasteiger partial charge in [0.15, 0.2) is 0 Å². The summed E-state index contributed by atoms with van der Waals surface area (Å²) in [6.07, 6.45) is 1.72. The van der Waals surface area contributed by atoms with E-state index in [9.17, 15) is 9.59 Å². The van der Waals surface area contributed by atoms with Crippen molar-refractivity contribution in [1.29, 1.82) is 0 Å². The quantitative estimate of drug-likeness (QED) is 0.537. The summed E-state index contributed by atoms with van der Waals surface area (Å²) in [5.41, 5.74) is 4.43. The van der Waals surface area contributed by atoms with Crippen LogP contribution < -0.4 is 15.0 Å². The average Bonchev–Trinajstić information content (AvgIpc) is 3.19. The maximum absolute atomic E-state index is 12.0. The van der Waals surface area contributed by atoms with Crippen molar-refractivity contribution in [3.63, 3.8) is 0 Å². The third-order valence-corrected chi connectivity index (χ3v) is 7.20. The van der Waals surface area contributed by atoms with Crippen LogP contribution in [-0.2, 0) is 4.79 Å². The molecule has 2 amide bonds. The van der Waals surface area contributed by atoms with Crippen molar-refractivity contribution < 1.29 is 14.3 Å². The zero-order chi connectivity index (χ0) is 24.5. The third kappa shape index (κ3) is 4.74. The molecule has 0 unspecified atom stereocenters. The van der Waals surface area contributed by atoms with Crippen LogP contribution in [0.5, 0.6) is 5.75 Å². The molecule has 3 aromatic rings. The summed E-state index contributed by atoms with van der Waals surface area (Å²) >= 11 is 0.905. The Kier molecular flexibility index (Phi) is 6.44. The first kappa shape index (κ1) is 23.3. The van der Waals surface area contributed by atoms with Gasteiger partial charge in [-0.2, -0.15) is 0 Å². The van der Waals surface area contributed by atoms with Gasteiger partial charge in [-0.25, -0.2) is 9.97 Å². The van der Waals surface area contributed by atoms with Gasteiger partial charge < -0.3 is 14.5 Å². The maximum atomic E-state index is 12.0. The van der Waals surface area contributed by atoms with Gasteiger partial charge in [-0.3, -0.25) is 14.9 Å². The highest BCUT2D eigenvalue weighted by Gasteiger charge is 2.25. The topological polar surface area (TPSA) is 87.7 Å². The molecule has 3 heterocycles. The lowest BCUT2D eigenvalue weighted by Gasteiger charge is -2.36. The first-order chi connectivity index (χ1) is 16.9. The highest BCUT2D eigenvalue weighted by molar-refractivity contribution is 8.18. The predicted molar refractivity (Wildman–Crippen MR) is 140 cm³/mol. The minimum Gasteiger partial charge on any atom is -0.495 e. The van der Waals surface area contributed by atoms with Crippen LogP contribution in [0.3, 0.4) is 0 Å². The second-order valence-electron chi connectivity index (χ2n) is 8.56. The number of carbonyl (C=O) groups excluding carboxylic acids is 2. The number of thioether (sulfide) groups is 1. The number of benzene rings is 2. The van der Waals surface area contributed by atoms with E-state index in [4.69, 9.17) is 9.72 Å². The van der Waals surface area contributed by atoms with Gasteiger partial charge in [0.05, 0.1) is 28.9 Å². The Labute approximate surface area is 208 Å². The van der Waals surface area contributed by atoms with Crippen LogP contribution in [0.25, 0.3) is 28.2 Å². The van der Waals surface area contributed by atoms with Gasteiger partial charge in [0.1, 0.15) is 11.6 Å². The third-order valence-electron chi connectivity index (χ3n) is 6.38. The number of rotatable bonds is 5. The minimum absolute atomic E-state index is 0.357. The number of ether oxygens (including phenoxy) is 1. The van der Waals surface area contributed by atoms with Crippen molar-refractivity contribution in [2.24, 2.45) is 0 Å². The predicted octanol–water partition coefficient (Wildman–Crippen LogP) is 4.08. The Morgan fingerprint density at radius 2 is 1.89 bits per heavy atom. The van der Waals surface area contributed by atoms with Crippen molar-refractivity contribution in [3.05, 3.63) is 52.7 Å². The number of hydrogen-bond donors (Lipinski definition) is 1. The zero-order valence-electron chi connectivity index (χ0n) is 20.0. The van der Waals surface area contributed by atoms with Crippen molar-refractivity contribution in [1.82, 2.24) is 20.2 Å². The van der Waals surface area contributed by atoms with Crippen LogP contribution in [0.1, 0.15) is 18.3 Å². The lowest BCUT2D eigenvalue weighted by Crippen LogP contribution is -2.46. The molecule has 1 N–H and O–H groups in total. The van der Waals surface area contributed by atoms with Gasteiger partial charge in [-0.05, 0) is 61.1 Å². The molecule has 0 bridgehead atoms. The summed E-state index contributed by atoms with van der Waals surface area (Å²) in [5.74, 6) is 1.11. The number of likely N-dealkylation sites (N-methyl/N-ethyl adjacent to an activating group) is 1. The number of amides is 2. The Morgan fingerprint density at radius 3 is 2.57 bits per heavy atom. The first-order valence-electron chi connectivity index (χ1n) is 11.6. The smallest absolute Gasteiger partial charge is 0.290 e. The lowest BCUT2D eigenvalue weighted by molar-refractivity contribution is -0.115. The highest BCUT2D eigenvalue weighted by atomic mass is 32.2. The molecule has 0 saturated carbocycles. The number of nitrogens with zero attached hydrogens (tertiary/aromatic N) is 4. The van der Waals surface area contributed by atoms with Crippen molar-refractivity contribution in [2.75, 3.05) is 44.7 Å². The molecule has 180 valence electrons. The number of anilines is 1. The summed E-state index contributed by atoms with van der Waals surface area (Å²) in [6, 6.07) is 12.0. The fourth-order valence-corrected chi connectivity index (χ4v) is 5.22. The van der Waals surface area contributed by atoms with Gasteiger partial charge in [-0.15, -0.1) is 0 Å². The summed E-state index contributed by atoms with van der Waals surface area (Å²) in [4.78, 5) is 38.1. The van der Waals surface area contributed by atoms with Crippen molar-refractivity contribution in [3.8, 4) is 17.0 Å². The van der Waals surface area contributed by atoms with Crippen LogP contribution in [0.4, 0.5) is 10.5 Å². The number of hydrogen-bond acceptors (Lipinski definition) is 8. The van der Waals surface area contributed by atoms with Gasteiger partial charge >= 0.3 is 0 Å². The zero-order valence-corrected chi connectivity index (χ0v) is 20.8. The van der Waals surface area contributed by atoms with E-state index in [-0.39, 0.29) is 11.1 Å². The van der Waals surface area contributed by atoms with E-state index >= 15 is 0 Å². The molecule has 2 saturated heterocycles. The fraction of sp³-hybridized carbons (Fsp3) is 0.308. The van der Waals surface area contributed by atoms with E-state index in [1.54, 1.807) is 13.2 Å². The molecule has 8 nitrogen and oxygen atoms in total. The largest absolute Gasteiger partial charge is 0.495 e. The standard InChI is InChI=1S/C26H27N5O3S/c1-4-30-9-11-31(12-10-30)21-8-6-18(15-22(21)34-3)24-19-13-17(5-7-20(19)27-16(2)28-24)14-23-25(32)29-26(33)35-23/h5-8,13-15H,4,9-12H2,1-3H3,(H,29,32,33)/b23-14-. The SMILES string of the molecule is CCN1CCN(c2ccc(-c3nc(C)nc4ccc(/C=C5\SC(=O)NC5=O)cc34)cc2OC)CC1. The second kappa shape index (κ2) is 9.67. The molecule has 1 aromatic heterocycles. The van der Waals surface area contributed by atoms with Crippen LogP contribution >= 0.6 is 11.8 Å². The minimum atomic E-state index is -0.374. The maximum Gasteiger partial charge on any atom is 0.290 e. The van der Waals surface area contributed by atoms with Crippen molar-refractivity contribution in [2.45, 2.75) is 13.8 Å². The first-order valence-corrected chi connectivity index (χ1v) is 12.5. The molecule has 0 spiro atoms. The van der Waals surface area contributed by atoms with Crippen LogP contribution in [0, 0.1) is 6.92 Å². The Bertz CT molecular complexity index is 1350. The normalized spacial score (nSPS) is 17.9.